The number of anilines is 1. The van der Waals surface area contributed by atoms with Crippen LogP contribution >= 0.6 is 0 Å². The molecule has 1 aliphatic rings. The highest BCUT2D eigenvalue weighted by molar-refractivity contribution is 5.41. The van der Waals surface area contributed by atoms with Gasteiger partial charge in [0.25, 0.3) is 0 Å². The van der Waals surface area contributed by atoms with Crippen molar-refractivity contribution in [2.45, 2.75) is 38.1 Å². The summed E-state index contributed by atoms with van der Waals surface area (Å²) in [6.45, 7) is 8.17. The van der Waals surface area contributed by atoms with Crippen LogP contribution in [0.1, 0.15) is 32.3 Å². The minimum Gasteiger partial charge on any atom is -0.399 e. The van der Waals surface area contributed by atoms with Gasteiger partial charge in [-0.25, -0.2) is 0 Å². The first-order valence-corrected chi connectivity index (χ1v) is 7.63. The maximum Gasteiger partial charge on any atom is 0.0314 e. The number of hydrogen-bond donors (Lipinski definition) is 1. The Balaban J connectivity index is 1.98. The summed E-state index contributed by atoms with van der Waals surface area (Å²) in [6.07, 6.45) is 2.57. The molecule has 0 amide bonds. The van der Waals surface area contributed by atoms with Crippen molar-refractivity contribution in [1.82, 2.24) is 9.80 Å². The zero-order valence-electron chi connectivity index (χ0n) is 13.4. The van der Waals surface area contributed by atoms with Crippen LogP contribution in [0.15, 0.2) is 24.3 Å². The molecule has 0 spiro atoms. The third kappa shape index (κ3) is 3.74. The fourth-order valence-corrected chi connectivity index (χ4v) is 3.21. The van der Waals surface area contributed by atoms with Crippen LogP contribution in [0.5, 0.6) is 0 Å². The Kier molecular flexibility index (Phi) is 4.71. The van der Waals surface area contributed by atoms with Gasteiger partial charge in [-0.2, -0.15) is 0 Å². The van der Waals surface area contributed by atoms with Crippen molar-refractivity contribution < 1.29 is 0 Å². The number of nitrogen functional groups attached to an aromatic ring is 1. The smallest absolute Gasteiger partial charge is 0.0314 e. The molecule has 0 aliphatic carbocycles. The molecule has 20 heavy (non-hydrogen) atoms. The molecule has 1 aromatic rings. The molecule has 112 valence electrons. The highest BCUT2D eigenvalue weighted by atomic mass is 15.2. The molecular formula is C17H29N3. The van der Waals surface area contributed by atoms with Crippen LogP contribution in [0.2, 0.25) is 0 Å². The number of hydrogen-bond acceptors (Lipinski definition) is 3. The normalized spacial score (nSPS) is 18.6. The number of benzene rings is 1. The number of likely N-dealkylation sites (N-methyl/N-ethyl adjacent to an activating group) is 1. The zero-order valence-corrected chi connectivity index (χ0v) is 13.4. The van der Waals surface area contributed by atoms with Crippen LogP contribution in [0.3, 0.4) is 0 Å². The van der Waals surface area contributed by atoms with Crippen LogP contribution in [-0.2, 0) is 5.41 Å². The van der Waals surface area contributed by atoms with E-state index in [0.29, 0.717) is 0 Å². The largest absolute Gasteiger partial charge is 0.399 e. The van der Waals surface area contributed by atoms with Gasteiger partial charge in [-0.1, -0.05) is 26.0 Å². The van der Waals surface area contributed by atoms with Gasteiger partial charge >= 0.3 is 0 Å². The maximum atomic E-state index is 5.79. The molecule has 2 rings (SSSR count). The molecule has 0 radical (unpaired) electrons. The average molecular weight is 275 g/mol. The van der Waals surface area contributed by atoms with E-state index in [0.717, 1.165) is 18.3 Å². The van der Waals surface area contributed by atoms with Crippen molar-refractivity contribution in [2.24, 2.45) is 0 Å². The van der Waals surface area contributed by atoms with Gasteiger partial charge in [0.05, 0.1) is 0 Å². The van der Waals surface area contributed by atoms with Crippen molar-refractivity contribution in [3.8, 4) is 0 Å². The van der Waals surface area contributed by atoms with Crippen LogP contribution in [0.25, 0.3) is 0 Å². The number of likely N-dealkylation sites (tertiary alicyclic amines) is 1. The summed E-state index contributed by atoms with van der Waals surface area (Å²) < 4.78 is 0. The third-order valence-electron chi connectivity index (χ3n) is 4.65. The predicted octanol–water partition coefficient (Wildman–Crippen LogP) is 2.57. The summed E-state index contributed by atoms with van der Waals surface area (Å²) >= 11 is 0. The molecule has 0 bridgehead atoms. The maximum absolute atomic E-state index is 5.79. The van der Waals surface area contributed by atoms with Gasteiger partial charge in [0.1, 0.15) is 0 Å². The molecule has 1 saturated heterocycles. The van der Waals surface area contributed by atoms with E-state index in [1.165, 1.54) is 31.5 Å². The molecule has 1 aliphatic heterocycles. The van der Waals surface area contributed by atoms with E-state index >= 15 is 0 Å². The lowest BCUT2D eigenvalue weighted by Gasteiger charge is -2.39. The van der Waals surface area contributed by atoms with Crippen molar-refractivity contribution >= 4 is 5.69 Å². The van der Waals surface area contributed by atoms with Gasteiger partial charge < -0.3 is 15.5 Å². The Morgan fingerprint density at radius 2 is 1.75 bits per heavy atom. The Hall–Kier alpha value is -1.06. The van der Waals surface area contributed by atoms with E-state index in [-0.39, 0.29) is 5.41 Å². The summed E-state index contributed by atoms with van der Waals surface area (Å²) in [5.41, 5.74) is 8.15. The summed E-state index contributed by atoms with van der Waals surface area (Å²) in [5.74, 6) is 0. The summed E-state index contributed by atoms with van der Waals surface area (Å²) in [5, 5.41) is 0. The SMILES string of the molecule is CN1CCC(N(C)CC(C)(C)c2ccc(N)cc2)CC1. The van der Waals surface area contributed by atoms with Crippen LogP contribution in [-0.4, -0.2) is 49.6 Å². The second-order valence-electron chi connectivity index (χ2n) is 6.96. The van der Waals surface area contributed by atoms with E-state index in [4.69, 9.17) is 5.73 Å². The average Bonchev–Trinajstić information content (AvgIpc) is 2.39. The number of rotatable bonds is 4. The monoisotopic (exact) mass is 275 g/mol. The quantitative estimate of drug-likeness (QED) is 0.857. The Bertz CT molecular complexity index is 416. The Morgan fingerprint density at radius 1 is 1.20 bits per heavy atom. The minimum absolute atomic E-state index is 0.159. The summed E-state index contributed by atoms with van der Waals surface area (Å²) in [6, 6.07) is 9.06. The zero-order chi connectivity index (χ0) is 14.8. The van der Waals surface area contributed by atoms with E-state index in [9.17, 15) is 0 Å². The molecule has 2 N–H and O–H groups in total. The van der Waals surface area contributed by atoms with E-state index < -0.39 is 0 Å². The van der Waals surface area contributed by atoms with Crippen LogP contribution in [0.4, 0.5) is 5.69 Å². The van der Waals surface area contributed by atoms with Gasteiger partial charge in [-0.05, 0) is 57.7 Å². The second kappa shape index (κ2) is 6.15. The molecule has 1 aromatic carbocycles. The minimum atomic E-state index is 0.159. The molecule has 0 saturated carbocycles. The fourth-order valence-electron chi connectivity index (χ4n) is 3.21. The lowest BCUT2D eigenvalue weighted by Crippen LogP contribution is -2.46. The molecule has 3 heteroatoms. The highest BCUT2D eigenvalue weighted by Crippen LogP contribution is 2.27. The standard InChI is InChI=1S/C17H29N3/c1-17(2,14-5-7-15(18)8-6-14)13-20(4)16-9-11-19(3)12-10-16/h5-8,16H,9-13,18H2,1-4H3. The van der Waals surface area contributed by atoms with Crippen molar-refractivity contribution in [3.05, 3.63) is 29.8 Å². The van der Waals surface area contributed by atoms with Crippen molar-refractivity contribution in [1.29, 1.82) is 0 Å². The van der Waals surface area contributed by atoms with E-state index in [2.05, 4.69) is 49.9 Å². The van der Waals surface area contributed by atoms with E-state index in [1.807, 2.05) is 12.1 Å². The van der Waals surface area contributed by atoms with Gasteiger partial charge in [-0.3, -0.25) is 0 Å². The molecule has 1 heterocycles. The Morgan fingerprint density at radius 3 is 2.30 bits per heavy atom. The van der Waals surface area contributed by atoms with Crippen LogP contribution < -0.4 is 5.73 Å². The third-order valence-corrected chi connectivity index (χ3v) is 4.65. The topological polar surface area (TPSA) is 32.5 Å². The first kappa shape index (κ1) is 15.3. The number of nitrogens with zero attached hydrogens (tertiary/aromatic N) is 2. The van der Waals surface area contributed by atoms with Crippen molar-refractivity contribution in [3.63, 3.8) is 0 Å². The first-order chi connectivity index (χ1) is 9.38. The lowest BCUT2D eigenvalue weighted by molar-refractivity contribution is 0.126. The second-order valence-corrected chi connectivity index (χ2v) is 6.96. The fraction of sp³-hybridized carbons (Fsp3) is 0.647. The summed E-state index contributed by atoms with van der Waals surface area (Å²) in [7, 11) is 4.49. The van der Waals surface area contributed by atoms with Crippen LogP contribution in [0, 0.1) is 0 Å². The molecule has 1 fully saturated rings. The molecular weight excluding hydrogens is 246 g/mol. The molecule has 0 atom stereocenters. The van der Waals surface area contributed by atoms with Gasteiger partial charge in [0, 0.05) is 23.7 Å². The van der Waals surface area contributed by atoms with Crippen molar-refractivity contribution in [2.75, 3.05) is 39.5 Å². The van der Waals surface area contributed by atoms with Gasteiger partial charge in [0.2, 0.25) is 0 Å². The highest BCUT2D eigenvalue weighted by Gasteiger charge is 2.27. The molecule has 0 aromatic heterocycles. The molecule has 3 nitrogen and oxygen atoms in total. The van der Waals surface area contributed by atoms with Gasteiger partial charge in [0.15, 0.2) is 0 Å². The predicted molar refractivity (Wildman–Crippen MR) is 87.0 cm³/mol. The van der Waals surface area contributed by atoms with E-state index in [1.54, 1.807) is 0 Å². The number of nitrogens with two attached hydrogens (primary N) is 1. The number of piperidine rings is 1. The molecule has 0 unspecified atom stereocenters. The Labute approximate surface area is 123 Å². The summed E-state index contributed by atoms with van der Waals surface area (Å²) in [4.78, 5) is 4.97. The lowest BCUT2D eigenvalue weighted by atomic mass is 9.83. The van der Waals surface area contributed by atoms with Gasteiger partial charge in [-0.15, -0.1) is 0 Å². The first-order valence-electron chi connectivity index (χ1n) is 7.63.